The van der Waals surface area contributed by atoms with Crippen molar-refractivity contribution in [1.82, 2.24) is 9.88 Å². The topological polar surface area (TPSA) is 28.2 Å². The molecule has 129 valence electrons. The molecule has 3 heteroatoms. The van der Waals surface area contributed by atoms with Gasteiger partial charge in [0.15, 0.2) is 0 Å². The Hall–Kier alpha value is -2.13. The molecule has 2 heterocycles. The van der Waals surface area contributed by atoms with Crippen LogP contribution in [0.2, 0.25) is 0 Å². The lowest BCUT2D eigenvalue weighted by Gasteiger charge is -2.43. The molecule has 0 bridgehead atoms. The van der Waals surface area contributed by atoms with Crippen LogP contribution in [0.1, 0.15) is 36.9 Å². The lowest BCUT2D eigenvalue weighted by atomic mass is 9.65. The monoisotopic (exact) mass is 332 g/mol. The molecule has 1 aromatic carbocycles. The van der Waals surface area contributed by atoms with Gasteiger partial charge in [0.1, 0.15) is 0 Å². The van der Waals surface area contributed by atoms with Gasteiger partial charge in [0.05, 0.1) is 11.4 Å². The van der Waals surface area contributed by atoms with E-state index in [9.17, 15) is 0 Å². The summed E-state index contributed by atoms with van der Waals surface area (Å²) in [6, 6.07) is 15.7. The smallest absolute Gasteiger partial charge is 0.0864 e. The molecule has 0 saturated heterocycles. The van der Waals surface area contributed by atoms with Crippen molar-refractivity contribution >= 4 is 11.4 Å². The Morgan fingerprint density at radius 1 is 1.24 bits per heavy atom. The zero-order valence-electron chi connectivity index (χ0n) is 15.3. The second-order valence-corrected chi connectivity index (χ2v) is 7.70. The van der Waals surface area contributed by atoms with Gasteiger partial charge in [-0.3, -0.25) is 4.98 Å². The van der Waals surface area contributed by atoms with Crippen molar-refractivity contribution in [3.63, 3.8) is 0 Å². The molecule has 1 N–H and O–H groups in total. The summed E-state index contributed by atoms with van der Waals surface area (Å²) >= 11 is 0. The van der Waals surface area contributed by atoms with Crippen molar-refractivity contribution in [1.29, 1.82) is 0 Å². The third-order valence-electron chi connectivity index (χ3n) is 5.60. The van der Waals surface area contributed by atoms with Gasteiger partial charge in [-0.15, -0.1) is 0 Å². The average Bonchev–Trinajstić information content (AvgIpc) is 2.59. The molecule has 0 spiro atoms. The van der Waals surface area contributed by atoms with Gasteiger partial charge in [-0.1, -0.05) is 25.1 Å². The minimum Gasteiger partial charge on any atom is -0.354 e. The summed E-state index contributed by atoms with van der Waals surface area (Å²) in [6.07, 6.45) is 4.45. The van der Waals surface area contributed by atoms with Crippen LogP contribution in [0.4, 0.5) is 5.69 Å². The second-order valence-electron chi connectivity index (χ2n) is 7.70. The molecule has 4 rings (SSSR count). The lowest BCUT2D eigenvalue weighted by Crippen LogP contribution is -2.36. The van der Waals surface area contributed by atoms with E-state index in [4.69, 9.17) is 0 Å². The molecular formula is C22H26N3. The van der Waals surface area contributed by atoms with Gasteiger partial charge in [-0.25, -0.2) is 0 Å². The number of nitrogens with zero attached hydrogens (tertiary/aromatic N) is 2. The first-order valence-corrected chi connectivity index (χ1v) is 9.20. The van der Waals surface area contributed by atoms with Crippen molar-refractivity contribution in [3.05, 3.63) is 65.5 Å². The highest BCUT2D eigenvalue weighted by atomic mass is 15.1. The predicted octanol–water partition coefficient (Wildman–Crippen LogP) is 4.41. The molecule has 3 nitrogen and oxygen atoms in total. The summed E-state index contributed by atoms with van der Waals surface area (Å²) in [5, 5.41) is 3.67. The van der Waals surface area contributed by atoms with Crippen molar-refractivity contribution in [2.75, 3.05) is 26.0 Å². The summed E-state index contributed by atoms with van der Waals surface area (Å²) in [5.74, 6) is 1.89. The average molecular weight is 332 g/mol. The molecule has 2 aliphatic rings. The molecule has 1 atom stereocenters. The third-order valence-corrected chi connectivity index (χ3v) is 5.60. The van der Waals surface area contributed by atoms with E-state index in [0.29, 0.717) is 11.8 Å². The largest absolute Gasteiger partial charge is 0.354 e. The number of anilines is 1. The van der Waals surface area contributed by atoms with Gasteiger partial charge in [0, 0.05) is 24.3 Å². The lowest BCUT2D eigenvalue weighted by molar-refractivity contribution is 0.172. The van der Waals surface area contributed by atoms with Crippen LogP contribution < -0.4 is 5.32 Å². The Bertz CT molecular complexity index is 773. The van der Waals surface area contributed by atoms with Crippen LogP contribution in [-0.2, 0) is 0 Å². The van der Waals surface area contributed by atoms with E-state index < -0.39 is 0 Å². The normalized spacial score (nSPS) is 25.4. The highest BCUT2D eigenvalue weighted by Gasteiger charge is 2.38. The fourth-order valence-electron chi connectivity index (χ4n) is 4.45. The minimum absolute atomic E-state index is 0.424. The maximum atomic E-state index is 4.63. The van der Waals surface area contributed by atoms with E-state index in [0.717, 1.165) is 11.6 Å². The molecule has 0 amide bonds. The molecule has 1 aliphatic carbocycles. The van der Waals surface area contributed by atoms with Crippen LogP contribution in [0.5, 0.6) is 0 Å². The van der Waals surface area contributed by atoms with Crippen LogP contribution in [0.25, 0.3) is 5.70 Å². The van der Waals surface area contributed by atoms with Crippen molar-refractivity contribution in [2.45, 2.75) is 25.7 Å². The van der Waals surface area contributed by atoms with Crippen LogP contribution in [0, 0.1) is 17.9 Å². The zero-order valence-corrected chi connectivity index (χ0v) is 15.3. The van der Waals surface area contributed by atoms with E-state index >= 15 is 0 Å². The molecule has 1 saturated carbocycles. The second kappa shape index (κ2) is 6.64. The van der Waals surface area contributed by atoms with Gasteiger partial charge in [0.25, 0.3) is 0 Å². The Balaban J connectivity index is 1.70. The summed E-state index contributed by atoms with van der Waals surface area (Å²) in [7, 11) is 4.34. The number of pyridine rings is 1. The first-order chi connectivity index (χ1) is 12.1. The number of nitrogens with one attached hydrogen (secondary N) is 1. The van der Waals surface area contributed by atoms with E-state index in [-0.39, 0.29) is 0 Å². The van der Waals surface area contributed by atoms with Gasteiger partial charge in [0.2, 0.25) is 0 Å². The minimum atomic E-state index is 0.424. The van der Waals surface area contributed by atoms with E-state index in [1.165, 1.54) is 41.9 Å². The summed E-state index contributed by atoms with van der Waals surface area (Å²) in [6.45, 7) is 3.53. The van der Waals surface area contributed by atoms with Crippen molar-refractivity contribution in [2.24, 2.45) is 11.8 Å². The molecule has 1 aromatic heterocycles. The maximum Gasteiger partial charge on any atom is 0.0864 e. The van der Waals surface area contributed by atoms with E-state index in [1.807, 2.05) is 18.3 Å². The number of aromatic nitrogens is 1. The molecule has 1 aliphatic heterocycles. The first-order valence-electron chi connectivity index (χ1n) is 9.20. The Kier molecular flexibility index (Phi) is 4.34. The quantitative estimate of drug-likeness (QED) is 0.899. The first kappa shape index (κ1) is 16.3. The SMILES string of the molecule is CC1C(C2CC(CN(C)C)C2)=C(c2ccccn2)Nc2c[c]ccc21. The van der Waals surface area contributed by atoms with Gasteiger partial charge < -0.3 is 10.2 Å². The zero-order chi connectivity index (χ0) is 17.4. The summed E-state index contributed by atoms with van der Waals surface area (Å²) in [4.78, 5) is 6.94. The predicted molar refractivity (Wildman–Crippen MR) is 103 cm³/mol. The Labute approximate surface area is 150 Å². The summed E-state index contributed by atoms with van der Waals surface area (Å²) < 4.78 is 0. The fraction of sp³-hybridized carbons (Fsp3) is 0.409. The van der Waals surface area contributed by atoms with E-state index in [2.05, 4.69) is 66.6 Å². The number of hydrogen-bond donors (Lipinski definition) is 1. The molecule has 1 fully saturated rings. The van der Waals surface area contributed by atoms with Gasteiger partial charge in [-0.2, -0.15) is 0 Å². The molecular weight excluding hydrogens is 306 g/mol. The Morgan fingerprint density at radius 3 is 2.80 bits per heavy atom. The molecule has 2 aromatic rings. The Morgan fingerprint density at radius 2 is 2.08 bits per heavy atom. The fourth-order valence-corrected chi connectivity index (χ4v) is 4.45. The van der Waals surface area contributed by atoms with Crippen LogP contribution in [-0.4, -0.2) is 30.5 Å². The van der Waals surface area contributed by atoms with Crippen LogP contribution in [0.3, 0.4) is 0 Å². The van der Waals surface area contributed by atoms with Gasteiger partial charge >= 0.3 is 0 Å². The highest BCUT2D eigenvalue weighted by Crippen LogP contribution is 2.50. The van der Waals surface area contributed by atoms with Crippen molar-refractivity contribution in [3.8, 4) is 0 Å². The highest BCUT2D eigenvalue weighted by molar-refractivity contribution is 5.83. The van der Waals surface area contributed by atoms with Crippen molar-refractivity contribution < 1.29 is 0 Å². The number of benzene rings is 1. The maximum absolute atomic E-state index is 4.63. The summed E-state index contributed by atoms with van der Waals surface area (Å²) in [5.41, 5.74) is 6.35. The number of hydrogen-bond acceptors (Lipinski definition) is 3. The molecule has 1 radical (unpaired) electrons. The third kappa shape index (κ3) is 3.09. The molecule has 1 unspecified atom stereocenters. The van der Waals surface area contributed by atoms with Crippen LogP contribution in [0.15, 0.2) is 48.2 Å². The number of rotatable bonds is 4. The van der Waals surface area contributed by atoms with Gasteiger partial charge in [-0.05, 0) is 74.2 Å². The molecule has 25 heavy (non-hydrogen) atoms. The standard InChI is InChI=1S/C22H26N3/c1-15-18-8-4-5-9-19(18)24-22(20-10-6-7-11-23-20)21(15)17-12-16(13-17)14-25(2)3/h4,6-11,15-17,24H,12-14H2,1-3H3. The van der Waals surface area contributed by atoms with Crippen LogP contribution >= 0.6 is 0 Å². The van der Waals surface area contributed by atoms with E-state index in [1.54, 1.807) is 0 Å². The number of fused-ring (bicyclic) bond motifs is 1. The number of allylic oxidation sites excluding steroid dienone is 1.